The monoisotopic (exact) mass is 326 g/mol. The van der Waals surface area contributed by atoms with Gasteiger partial charge in [-0.3, -0.25) is 14.3 Å². The van der Waals surface area contributed by atoms with Crippen LogP contribution in [0.4, 0.5) is 0 Å². The summed E-state index contributed by atoms with van der Waals surface area (Å²) in [5, 5.41) is 0. The number of carbonyl (C=O) groups excluding carboxylic acids is 1. The summed E-state index contributed by atoms with van der Waals surface area (Å²) in [7, 11) is 0. The van der Waals surface area contributed by atoms with Gasteiger partial charge in [0.15, 0.2) is 0 Å². The first kappa shape index (κ1) is 17.2. The zero-order chi connectivity index (χ0) is 16.2. The van der Waals surface area contributed by atoms with Crippen LogP contribution >= 0.6 is 0 Å². The second-order valence-corrected chi connectivity index (χ2v) is 6.91. The Balaban J connectivity index is 1.01. The van der Waals surface area contributed by atoms with E-state index >= 15 is 0 Å². The van der Waals surface area contributed by atoms with Crippen LogP contribution in [0.25, 0.3) is 0 Å². The van der Waals surface area contributed by atoms with Crippen LogP contribution < -0.4 is 0 Å². The lowest BCUT2D eigenvalue weighted by Crippen LogP contribution is -2.33. The van der Waals surface area contributed by atoms with E-state index in [4.69, 9.17) is 18.9 Å². The minimum absolute atomic E-state index is 0.0495. The molecule has 3 aliphatic rings. The molecule has 0 N–H and O–H groups in total. The number of ether oxygens (including phenoxy) is 4. The van der Waals surface area contributed by atoms with Crippen LogP contribution in [-0.2, 0) is 23.7 Å². The first-order chi connectivity index (χ1) is 11.2. The van der Waals surface area contributed by atoms with E-state index in [1.54, 1.807) is 0 Å². The first-order valence-electron chi connectivity index (χ1n) is 9.46. The lowest BCUT2D eigenvalue weighted by Gasteiger charge is -2.15. The Morgan fingerprint density at radius 1 is 0.913 bits per heavy atom. The van der Waals surface area contributed by atoms with Crippen molar-refractivity contribution in [2.45, 2.75) is 102 Å². The van der Waals surface area contributed by atoms with Crippen LogP contribution in [0.3, 0.4) is 0 Å². The minimum atomic E-state index is -0.534. The molecule has 3 heterocycles. The van der Waals surface area contributed by atoms with Crippen molar-refractivity contribution >= 4 is 5.97 Å². The van der Waals surface area contributed by atoms with E-state index in [0.29, 0.717) is 13.0 Å². The van der Waals surface area contributed by atoms with Gasteiger partial charge in [-0.15, -0.1) is 0 Å². The molecule has 0 aliphatic carbocycles. The summed E-state index contributed by atoms with van der Waals surface area (Å²) < 4.78 is 21.0. The smallest absolute Gasteiger partial charge is 0.349 e. The normalized spacial score (nSPS) is 32.7. The molecule has 132 valence electrons. The van der Waals surface area contributed by atoms with Crippen LogP contribution in [0.2, 0.25) is 0 Å². The summed E-state index contributed by atoms with van der Waals surface area (Å²) in [4.78, 5) is 11.2. The number of rotatable bonds is 14. The van der Waals surface area contributed by atoms with Crippen LogP contribution in [0, 0.1) is 0 Å². The molecule has 1 unspecified atom stereocenters. The maximum atomic E-state index is 11.2. The van der Waals surface area contributed by atoms with Gasteiger partial charge >= 0.3 is 11.9 Å². The minimum Gasteiger partial charge on any atom is -0.466 e. The zero-order valence-electron chi connectivity index (χ0n) is 14.3. The molecule has 5 nitrogen and oxygen atoms in total. The van der Waals surface area contributed by atoms with Gasteiger partial charge in [0.25, 0.3) is 5.79 Å². The molecule has 3 rings (SSSR count). The summed E-state index contributed by atoms with van der Waals surface area (Å²) in [6, 6.07) is 0. The summed E-state index contributed by atoms with van der Waals surface area (Å²) in [5.41, 5.74) is 0. The predicted octanol–water partition coefficient (Wildman–Crippen LogP) is 4.04. The molecular weight excluding hydrogens is 296 g/mol. The number of unbranched alkanes of at least 4 members (excludes halogenated alkanes) is 9. The van der Waals surface area contributed by atoms with Crippen LogP contribution in [0.1, 0.15) is 84.0 Å². The molecule has 0 radical (unpaired) electrons. The molecule has 5 heteroatoms. The zero-order valence-corrected chi connectivity index (χ0v) is 14.3. The molecule has 0 spiro atoms. The standard InChI is InChI=1S/C18H30O5/c1-2-20-16(19)14-12-10-8-6-4-3-5-7-9-11-13-15-17-18(21-15,22-17)23-17/h15H,2-14H2,1H3. The number of hydrogen-bond donors (Lipinski definition) is 0. The Morgan fingerprint density at radius 3 is 1.96 bits per heavy atom. The fraction of sp³-hybridized carbons (Fsp3) is 0.944. The highest BCUT2D eigenvalue weighted by atomic mass is 17.2. The maximum absolute atomic E-state index is 11.2. The van der Waals surface area contributed by atoms with Crippen LogP contribution in [-0.4, -0.2) is 30.4 Å². The molecule has 3 aliphatic heterocycles. The van der Waals surface area contributed by atoms with Gasteiger partial charge in [-0.2, -0.15) is 0 Å². The molecule has 0 amide bonds. The van der Waals surface area contributed by atoms with Crippen molar-refractivity contribution in [1.29, 1.82) is 0 Å². The maximum Gasteiger partial charge on any atom is 0.349 e. The van der Waals surface area contributed by atoms with Gasteiger partial charge in [-0.1, -0.05) is 57.8 Å². The Kier molecular flexibility index (Phi) is 5.60. The molecule has 3 saturated heterocycles. The fourth-order valence-electron chi connectivity index (χ4n) is 3.52. The van der Waals surface area contributed by atoms with E-state index in [1.807, 2.05) is 6.92 Å². The number of epoxide rings is 2. The highest BCUT2D eigenvalue weighted by Gasteiger charge is 3.05. The van der Waals surface area contributed by atoms with Gasteiger partial charge in [0.05, 0.1) is 6.61 Å². The van der Waals surface area contributed by atoms with E-state index in [-0.39, 0.29) is 17.9 Å². The third-order valence-electron chi connectivity index (χ3n) is 5.04. The van der Waals surface area contributed by atoms with Crippen molar-refractivity contribution in [1.82, 2.24) is 0 Å². The van der Waals surface area contributed by atoms with E-state index in [1.165, 1.54) is 51.4 Å². The van der Waals surface area contributed by atoms with Gasteiger partial charge in [0, 0.05) is 6.42 Å². The third kappa shape index (κ3) is 3.89. The lowest BCUT2D eigenvalue weighted by atomic mass is 10.0. The second-order valence-electron chi connectivity index (χ2n) is 6.91. The van der Waals surface area contributed by atoms with Gasteiger partial charge < -0.3 is 9.47 Å². The Labute approximate surface area is 139 Å². The predicted molar refractivity (Wildman–Crippen MR) is 84.5 cm³/mol. The topological polar surface area (TPSA) is 60.6 Å². The van der Waals surface area contributed by atoms with Crippen molar-refractivity contribution in [2.24, 2.45) is 0 Å². The molecule has 1 atom stereocenters. The molecule has 0 aromatic heterocycles. The molecule has 0 saturated carbocycles. The van der Waals surface area contributed by atoms with Gasteiger partial charge in [0.2, 0.25) is 0 Å². The average molecular weight is 326 g/mol. The van der Waals surface area contributed by atoms with Crippen molar-refractivity contribution in [3.05, 3.63) is 0 Å². The van der Waals surface area contributed by atoms with Gasteiger partial charge in [-0.25, -0.2) is 0 Å². The fourth-order valence-corrected chi connectivity index (χ4v) is 3.52. The van der Waals surface area contributed by atoms with Crippen molar-refractivity contribution in [3.8, 4) is 0 Å². The quantitative estimate of drug-likeness (QED) is 0.274. The Morgan fingerprint density at radius 2 is 1.48 bits per heavy atom. The molecular formula is C18H30O5. The second kappa shape index (κ2) is 7.49. The number of hydrogen-bond acceptors (Lipinski definition) is 5. The van der Waals surface area contributed by atoms with Crippen molar-refractivity contribution < 1.29 is 23.7 Å². The summed E-state index contributed by atoms with van der Waals surface area (Å²) in [6.45, 7) is 2.35. The van der Waals surface area contributed by atoms with Gasteiger partial charge in [-0.05, 0) is 19.8 Å². The van der Waals surface area contributed by atoms with Gasteiger partial charge in [0.1, 0.15) is 6.10 Å². The Bertz CT molecular complexity index is 402. The number of esters is 1. The third-order valence-corrected chi connectivity index (χ3v) is 5.04. The highest BCUT2D eigenvalue weighted by Crippen LogP contribution is 2.79. The summed E-state index contributed by atoms with van der Waals surface area (Å²) in [6.07, 6.45) is 14.3. The lowest BCUT2D eigenvalue weighted by molar-refractivity contribution is -0.144. The molecule has 23 heavy (non-hydrogen) atoms. The van der Waals surface area contributed by atoms with E-state index in [2.05, 4.69) is 0 Å². The first-order valence-corrected chi connectivity index (χ1v) is 9.46. The molecule has 3 fully saturated rings. The number of carbonyl (C=O) groups is 1. The van der Waals surface area contributed by atoms with E-state index < -0.39 is 5.97 Å². The van der Waals surface area contributed by atoms with Crippen LogP contribution in [0.5, 0.6) is 0 Å². The summed E-state index contributed by atoms with van der Waals surface area (Å²) in [5.74, 6) is -0.847. The Hall–Kier alpha value is -0.650. The molecule has 0 bridgehead atoms. The van der Waals surface area contributed by atoms with Crippen molar-refractivity contribution in [3.63, 3.8) is 0 Å². The highest BCUT2D eigenvalue weighted by molar-refractivity contribution is 5.69. The van der Waals surface area contributed by atoms with E-state index in [0.717, 1.165) is 19.3 Å². The average Bonchev–Trinajstić information content (AvgIpc) is 3.22. The van der Waals surface area contributed by atoms with Crippen molar-refractivity contribution in [2.75, 3.05) is 6.61 Å². The van der Waals surface area contributed by atoms with Crippen LogP contribution in [0.15, 0.2) is 0 Å². The summed E-state index contributed by atoms with van der Waals surface area (Å²) >= 11 is 0. The SMILES string of the molecule is CCOC(=O)CCCCCCCCCCCCC1OC23OC12O3. The van der Waals surface area contributed by atoms with E-state index in [9.17, 15) is 4.79 Å². The molecule has 0 aromatic carbocycles. The largest absolute Gasteiger partial charge is 0.466 e. The molecule has 0 aromatic rings.